The summed E-state index contributed by atoms with van der Waals surface area (Å²) < 4.78 is 7.49. The van der Waals surface area contributed by atoms with Gasteiger partial charge in [0.1, 0.15) is 12.3 Å². The molecular formula is C26H33N3O3. The van der Waals surface area contributed by atoms with Crippen LogP contribution in [0.3, 0.4) is 0 Å². The van der Waals surface area contributed by atoms with Crippen LogP contribution in [0.25, 0.3) is 0 Å². The molecule has 0 radical (unpaired) electrons. The van der Waals surface area contributed by atoms with Gasteiger partial charge in [-0.25, -0.2) is 0 Å². The van der Waals surface area contributed by atoms with Gasteiger partial charge in [-0.3, -0.25) is 9.59 Å². The van der Waals surface area contributed by atoms with Gasteiger partial charge in [0, 0.05) is 31.4 Å². The molecule has 0 N–H and O–H groups in total. The van der Waals surface area contributed by atoms with Crippen molar-refractivity contribution in [3.05, 3.63) is 84.1 Å². The molecule has 0 aliphatic carbocycles. The van der Waals surface area contributed by atoms with Gasteiger partial charge in [-0.2, -0.15) is 0 Å². The van der Waals surface area contributed by atoms with Crippen molar-refractivity contribution in [1.82, 2.24) is 14.4 Å². The third kappa shape index (κ3) is 6.36. The van der Waals surface area contributed by atoms with Crippen LogP contribution >= 0.6 is 0 Å². The first-order valence-corrected chi connectivity index (χ1v) is 11.2. The monoisotopic (exact) mass is 435 g/mol. The molecule has 0 saturated heterocycles. The number of aromatic nitrogens is 1. The Bertz CT molecular complexity index is 979. The summed E-state index contributed by atoms with van der Waals surface area (Å²) in [4.78, 5) is 30.0. The van der Waals surface area contributed by atoms with E-state index in [4.69, 9.17) is 4.42 Å². The molecule has 32 heavy (non-hydrogen) atoms. The number of rotatable bonds is 11. The van der Waals surface area contributed by atoms with E-state index in [9.17, 15) is 9.59 Å². The van der Waals surface area contributed by atoms with Crippen molar-refractivity contribution < 1.29 is 14.0 Å². The van der Waals surface area contributed by atoms with Crippen LogP contribution in [0.2, 0.25) is 0 Å². The maximum atomic E-state index is 13.4. The fraction of sp³-hybridized carbons (Fsp3) is 0.385. The van der Waals surface area contributed by atoms with Crippen molar-refractivity contribution in [3.63, 3.8) is 0 Å². The Hall–Kier alpha value is -3.28. The van der Waals surface area contributed by atoms with Crippen LogP contribution in [0.5, 0.6) is 0 Å². The molecule has 3 rings (SSSR count). The molecule has 6 nitrogen and oxygen atoms in total. The summed E-state index contributed by atoms with van der Waals surface area (Å²) in [5.41, 5.74) is 2.15. The molecule has 6 heteroatoms. The average Bonchev–Trinajstić information content (AvgIpc) is 3.47. The largest absolute Gasteiger partial charge is 0.467 e. The van der Waals surface area contributed by atoms with Crippen LogP contribution in [0.4, 0.5) is 0 Å². The fourth-order valence-corrected chi connectivity index (χ4v) is 3.67. The normalized spacial score (nSPS) is 11.8. The van der Waals surface area contributed by atoms with Crippen molar-refractivity contribution in [1.29, 1.82) is 0 Å². The van der Waals surface area contributed by atoms with E-state index < -0.39 is 0 Å². The molecule has 0 saturated carbocycles. The smallest absolute Gasteiger partial charge is 0.242 e. The number of aryl methyl sites for hydroxylation is 2. The zero-order valence-corrected chi connectivity index (χ0v) is 19.2. The lowest BCUT2D eigenvalue weighted by Gasteiger charge is -2.31. The minimum absolute atomic E-state index is 0.00775. The fourth-order valence-electron chi connectivity index (χ4n) is 3.67. The number of furan rings is 1. The first kappa shape index (κ1) is 23.4. The van der Waals surface area contributed by atoms with Crippen LogP contribution in [-0.4, -0.2) is 38.8 Å². The number of carbonyl (C=O) groups is 2. The number of hydrogen-bond acceptors (Lipinski definition) is 3. The van der Waals surface area contributed by atoms with Crippen molar-refractivity contribution in [3.8, 4) is 0 Å². The molecule has 1 aromatic carbocycles. The van der Waals surface area contributed by atoms with Gasteiger partial charge in [0.2, 0.25) is 11.8 Å². The van der Waals surface area contributed by atoms with E-state index in [1.54, 1.807) is 16.1 Å². The highest BCUT2D eigenvalue weighted by molar-refractivity contribution is 5.85. The highest BCUT2D eigenvalue weighted by atomic mass is 16.3. The molecule has 1 unspecified atom stereocenters. The van der Waals surface area contributed by atoms with Gasteiger partial charge < -0.3 is 18.8 Å². The third-order valence-electron chi connectivity index (χ3n) is 5.90. The van der Waals surface area contributed by atoms with Crippen molar-refractivity contribution in [2.24, 2.45) is 7.05 Å². The summed E-state index contributed by atoms with van der Waals surface area (Å²) in [6.45, 7) is 4.92. The van der Waals surface area contributed by atoms with Gasteiger partial charge in [0.25, 0.3) is 0 Å². The van der Waals surface area contributed by atoms with Crippen LogP contribution in [0, 0.1) is 0 Å². The molecular weight excluding hydrogens is 402 g/mol. The lowest BCUT2D eigenvalue weighted by Crippen LogP contribution is -2.46. The molecule has 0 fully saturated rings. The summed E-state index contributed by atoms with van der Waals surface area (Å²) in [5.74, 6) is 0.641. The highest BCUT2D eigenvalue weighted by Crippen LogP contribution is 2.15. The minimum atomic E-state index is -0.0871. The lowest BCUT2D eigenvalue weighted by molar-refractivity contribution is -0.143. The summed E-state index contributed by atoms with van der Waals surface area (Å²) >= 11 is 0. The third-order valence-corrected chi connectivity index (χ3v) is 5.90. The second-order valence-electron chi connectivity index (χ2n) is 8.20. The Morgan fingerprint density at radius 2 is 1.78 bits per heavy atom. The highest BCUT2D eigenvalue weighted by Gasteiger charge is 2.25. The summed E-state index contributed by atoms with van der Waals surface area (Å²) in [6.07, 6.45) is 5.42. The molecule has 0 aliphatic heterocycles. The topological polar surface area (TPSA) is 58.7 Å². The van der Waals surface area contributed by atoms with E-state index in [1.807, 2.05) is 86.3 Å². The standard InChI is InChI=1S/C26H33N3O3/c1-4-21(2)29(25(30)15-14-22-10-6-5-7-11-22)20-26(31)28(19-24-13-9-17-32-24)18-23-12-8-16-27(23)3/h5-13,16-17,21H,4,14-15,18-20H2,1-3H3. The predicted octanol–water partition coefficient (Wildman–Crippen LogP) is 4.41. The zero-order valence-electron chi connectivity index (χ0n) is 19.2. The number of nitrogens with zero attached hydrogens (tertiary/aromatic N) is 3. The van der Waals surface area contributed by atoms with Crippen molar-refractivity contribution in [2.75, 3.05) is 6.54 Å². The molecule has 1 atom stereocenters. The molecule has 0 spiro atoms. The van der Waals surface area contributed by atoms with Gasteiger partial charge in [-0.05, 0) is 49.6 Å². The number of benzene rings is 1. The predicted molar refractivity (Wildman–Crippen MR) is 125 cm³/mol. The van der Waals surface area contributed by atoms with E-state index in [-0.39, 0.29) is 24.4 Å². The second kappa shape index (κ2) is 11.4. The maximum Gasteiger partial charge on any atom is 0.242 e. The maximum absolute atomic E-state index is 13.4. The zero-order chi connectivity index (χ0) is 22.9. The molecule has 170 valence electrons. The van der Waals surface area contributed by atoms with E-state index >= 15 is 0 Å². The minimum Gasteiger partial charge on any atom is -0.467 e. The Morgan fingerprint density at radius 3 is 2.41 bits per heavy atom. The van der Waals surface area contributed by atoms with E-state index in [0.717, 1.165) is 23.4 Å². The number of hydrogen-bond donors (Lipinski definition) is 0. The van der Waals surface area contributed by atoms with Gasteiger partial charge in [-0.15, -0.1) is 0 Å². The Labute approximate surface area is 190 Å². The molecule has 0 aliphatic rings. The lowest BCUT2D eigenvalue weighted by atomic mass is 10.1. The Balaban J connectivity index is 1.71. The van der Waals surface area contributed by atoms with Crippen LogP contribution in [0.1, 0.15) is 43.7 Å². The van der Waals surface area contributed by atoms with Gasteiger partial charge >= 0.3 is 0 Å². The SMILES string of the molecule is CCC(C)N(CC(=O)N(Cc1ccco1)Cc1cccn1C)C(=O)CCc1ccccc1. The van der Waals surface area contributed by atoms with Crippen LogP contribution < -0.4 is 0 Å². The van der Waals surface area contributed by atoms with Crippen LogP contribution in [-0.2, 0) is 36.1 Å². The quantitative estimate of drug-likeness (QED) is 0.448. The molecule has 2 heterocycles. The Morgan fingerprint density at radius 1 is 1.00 bits per heavy atom. The second-order valence-corrected chi connectivity index (χ2v) is 8.20. The first-order chi connectivity index (χ1) is 15.5. The van der Waals surface area contributed by atoms with E-state index in [1.165, 1.54) is 0 Å². The summed E-state index contributed by atoms with van der Waals surface area (Å²) in [5, 5.41) is 0. The van der Waals surface area contributed by atoms with Gasteiger partial charge in [0.05, 0.1) is 19.4 Å². The molecule has 2 aromatic heterocycles. The summed E-state index contributed by atoms with van der Waals surface area (Å²) in [6, 6.07) is 17.6. The van der Waals surface area contributed by atoms with E-state index in [0.29, 0.717) is 25.9 Å². The Kier molecular flexibility index (Phi) is 8.31. The van der Waals surface area contributed by atoms with E-state index in [2.05, 4.69) is 0 Å². The van der Waals surface area contributed by atoms with Crippen molar-refractivity contribution in [2.45, 2.75) is 52.2 Å². The molecule has 0 bridgehead atoms. The average molecular weight is 436 g/mol. The van der Waals surface area contributed by atoms with Crippen LogP contribution in [0.15, 0.2) is 71.5 Å². The van der Waals surface area contributed by atoms with Gasteiger partial charge in [0.15, 0.2) is 0 Å². The number of amides is 2. The van der Waals surface area contributed by atoms with Gasteiger partial charge in [-0.1, -0.05) is 37.3 Å². The number of carbonyl (C=O) groups excluding carboxylic acids is 2. The summed E-state index contributed by atoms with van der Waals surface area (Å²) in [7, 11) is 1.96. The molecule has 3 aromatic rings. The van der Waals surface area contributed by atoms with Crippen molar-refractivity contribution >= 4 is 11.8 Å². The first-order valence-electron chi connectivity index (χ1n) is 11.2. The molecule has 2 amide bonds.